The van der Waals surface area contributed by atoms with Crippen LogP contribution in [0.25, 0.3) is 0 Å². The van der Waals surface area contributed by atoms with E-state index in [4.69, 9.17) is 21.1 Å². The summed E-state index contributed by atoms with van der Waals surface area (Å²) in [6.45, 7) is 0.624. The van der Waals surface area contributed by atoms with E-state index in [-0.39, 0.29) is 0 Å². The largest absolute Gasteiger partial charge is 0.493 e. The quantitative estimate of drug-likeness (QED) is 0.913. The minimum absolute atomic E-state index is 0.586. The Labute approximate surface area is 115 Å². The van der Waals surface area contributed by atoms with Gasteiger partial charge in [-0.05, 0) is 0 Å². The first-order valence-electron chi connectivity index (χ1n) is 5.27. The van der Waals surface area contributed by atoms with E-state index in [1.54, 1.807) is 37.1 Å². The third-order valence-electron chi connectivity index (χ3n) is 2.42. The molecule has 18 heavy (non-hydrogen) atoms. The van der Waals surface area contributed by atoms with Crippen LogP contribution in [0.4, 0.5) is 5.69 Å². The van der Waals surface area contributed by atoms with E-state index in [0.717, 1.165) is 11.4 Å². The van der Waals surface area contributed by atoms with Crippen molar-refractivity contribution in [3.8, 4) is 11.5 Å². The average Bonchev–Trinajstić information content (AvgIpc) is 2.90. The molecule has 0 bridgehead atoms. The topological polar surface area (TPSA) is 43.4 Å². The normalized spacial score (nSPS) is 10.2. The molecule has 1 aromatic carbocycles. The molecule has 6 heteroatoms. The van der Waals surface area contributed by atoms with Crippen LogP contribution < -0.4 is 14.8 Å². The van der Waals surface area contributed by atoms with Gasteiger partial charge in [-0.25, -0.2) is 4.98 Å². The highest BCUT2D eigenvalue weighted by molar-refractivity contribution is 7.07. The molecule has 1 N–H and O–H groups in total. The van der Waals surface area contributed by atoms with Crippen LogP contribution in [0.1, 0.15) is 5.69 Å². The number of hydrogen-bond acceptors (Lipinski definition) is 5. The van der Waals surface area contributed by atoms with Gasteiger partial charge in [-0.15, -0.1) is 11.3 Å². The molecule has 96 valence electrons. The Morgan fingerprint density at radius 2 is 2.00 bits per heavy atom. The smallest absolute Gasteiger partial charge is 0.162 e. The lowest BCUT2D eigenvalue weighted by Gasteiger charge is -2.12. The first-order valence-corrected chi connectivity index (χ1v) is 6.59. The van der Waals surface area contributed by atoms with Gasteiger partial charge in [0.05, 0.1) is 42.7 Å². The van der Waals surface area contributed by atoms with Crippen LogP contribution in [0.5, 0.6) is 11.5 Å². The van der Waals surface area contributed by atoms with E-state index >= 15 is 0 Å². The number of hydrogen-bond donors (Lipinski definition) is 1. The molecule has 0 saturated heterocycles. The number of nitrogens with zero attached hydrogens (tertiary/aromatic N) is 1. The van der Waals surface area contributed by atoms with Gasteiger partial charge in [0.1, 0.15) is 0 Å². The molecule has 1 aromatic heterocycles. The molecule has 1 heterocycles. The highest BCUT2D eigenvalue weighted by Crippen LogP contribution is 2.36. The molecule has 0 aliphatic carbocycles. The minimum atomic E-state index is 0.586. The fourth-order valence-corrected chi connectivity index (χ4v) is 2.28. The maximum atomic E-state index is 6.16. The first-order chi connectivity index (χ1) is 8.74. The van der Waals surface area contributed by atoms with Gasteiger partial charge in [-0.2, -0.15) is 0 Å². The van der Waals surface area contributed by atoms with Crippen molar-refractivity contribution in [3.05, 3.63) is 33.7 Å². The molecule has 2 aromatic rings. The van der Waals surface area contributed by atoms with Crippen molar-refractivity contribution in [2.45, 2.75) is 6.54 Å². The third-order valence-corrected chi connectivity index (χ3v) is 3.36. The minimum Gasteiger partial charge on any atom is -0.493 e. The van der Waals surface area contributed by atoms with Crippen LogP contribution in [0.3, 0.4) is 0 Å². The number of ether oxygens (including phenoxy) is 2. The van der Waals surface area contributed by atoms with Crippen LogP contribution in [-0.2, 0) is 6.54 Å². The van der Waals surface area contributed by atoms with Crippen molar-refractivity contribution >= 4 is 28.6 Å². The summed E-state index contributed by atoms with van der Waals surface area (Å²) in [4.78, 5) is 4.19. The SMILES string of the molecule is COc1cc(Cl)c(NCc2cscn2)cc1OC. The lowest BCUT2D eigenvalue weighted by Crippen LogP contribution is -2.01. The van der Waals surface area contributed by atoms with Crippen molar-refractivity contribution in [1.82, 2.24) is 4.98 Å². The second-order valence-electron chi connectivity index (χ2n) is 3.52. The van der Waals surface area contributed by atoms with Crippen molar-refractivity contribution < 1.29 is 9.47 Å². The lowest BCUT2D eigenvalue weighted by atomic mass is 10.2. The predicted molar refractivity (Wildman–Crippen MR) is 74.0 cm³/mol. The Morgan fingerprint density at radius 1 is 1.28 bits per heavy atom. The molecule has 0 spiro atoms. The molecule has 0 aliphatic heterocycles. The Hall–Kier alpha value is -1.46. The second-order valence-corrected chi connectivity index (χ2v) is 4.65. The summed E-state index contributed by atoms with van der Waals surface area (Å²) in [5.41, 5.74) is 3.57. The maximum Gasteiger partial charge on any atom is 0.162 e. The Balaban J connectivity index is 2.17. The second kappa shape index (κ2) is 5.93. The van der Waals surface area contributed by atoms with Crippen LogP contribution in [0, 0.1) is 0 Å². The number of halogens is 1. The van der Waals surface area contributed by atoms with Crippen LogP contribution in [-0.4, -0.2) is 19.2 Å². The number of methoxy groups -OCH3 is 2. The molecule has 0 atom stereocenters. The zero-order chi connectivity index (χ0) is 13.0. The number of anilines is 1. The summed E-state index contributed by atoms with van der Waals surface area (Å²) in [6.07, 6.45) is 0. The Morgan fingerprint density at radius 3 is 2.61 bits per heavy atom. The molecule has 0 radical (unpaired) electrons. The standard InChI is InChI=1S/C12H13ClN2O2S/c1-16-11-3-9(13)10(4-12(11)17-2)14-5-8-6-18-7-15-8/h3-4,6-7,14H,5H2,1-2H3. The Kier molecular flexibility index (Phi) is 4.28. The van der Waals surface area contributed by atoms with Gasteiger partial charge in [0.2, 0.25) is 0 Å². The molecule has 4 nitrogen and oxygen atoms in total. The number of rotatable bonds is 5. The molecule has 0 saturated carbocycles. The van der Waals surface area contributed by atoms with E-state index in [2.05, 4.69) is 10.3 Å². The van der Waals surface area contributed by atoms with Crippen LogP contribution in [0.2, 0.25) is 5.02 Å². The fourth-order valence-electron chi connectivity index (χ4n) is 1.50. The third kappa shape index (κ3) is 2.86. The highest BCUT2D eigenvalue weighted by atomic mass is 35.5. The number of benzene rings is 1. The van der Waals surface area contributed by atoms with E-state index in [1.165, 1.54) is 0 Å². The summed E-state index contributed by atoms with van der Waals surface area (Å²) < 4.78 is 10.4. The van der Waals surface area contributed by atoms with Crippen LogP contribution >= 0.6 is 22.9 Å². The number of aromatic nitrogens is 1. The van der Waals surface area contributed by atoms with Gasteiger partial charge >= 0.3 is 0 Å². The highest BCUT2D eigenvalue weighted by Gasteiger charge is 2.09. The van der Waals surface area contributed by atoms with Gasteiger partial charge in [0.25, 0.3) is 0 Å². The molecule has 0 amide bonds. The summed E-state index contributed by atoms with van der Waals surface area (Å²) in [5, 5.41) is 5.79. The zero-order valence-corrected chi connectivity index (χ0v) is 11.6. The monoisotopic (exact) mass is 284 g/mol. The maximum absolute atomic E-state index is 6.16. The summed E-state index contributed by atoms with van der Waals surface area (Å²) in [7, 11) is 3.17. The average molecular weight is 285 g/mol. The summed E-state index contributed by atoms with van der Waals surface area (Å²) in [5.74, 6) is 1.25. The van der Waals surface area contributed by atoms with E-state index in [1.807, 2.05) is 11.4 Å². The van der Waals surface area contributed by atoms with Gasteiger partial charge in [-0.1, -0.05) is 11.6 Å². The molecule has 0 aliphatic rings. The van der Waals surface area contributed by atoms with E-state index in [9.17, 15) is 0 Å². The molecule has 0 unspecified atom stereocenters. The van der Waals surface area contributed by atoms with Gasteiger partial charge in [0.15, 0.2) is 11.5 Å². The molecule has 0 fully saturated rings. The molecule has 2 rings (SSSR count). The molecular formula is C12H13ClN2O2S. The van der Waals surface area contributed by atoms with Crippen molar-refractivity contribution in [2.24, 2.45) is 0 Å². The predicted octanol–water partition coefficient (Wildman–Crippen LogP) is 3.43. The number of thiazole rings is 1. The first kappa shape index (κ1) is 13.0. The Bertz CT molecular complexity index is 517. The van der Waals surface area contributed by atoms with Gasteiger partial charge < -0.3 is 14.8 Å². The van der Waals surface area contributed by atoms with Gasteiger partial charge in [0, 0.05) is 17.5 Å². The van der Waals surface area contributed by atoms with Crippen molar-refractivity contribution in [3.63, 3.8) is 0 Å². The van der Waals surface area contributed by atoms with Crippen molar-refractivity contribution in [2.75, 3.05) is 19.5 Å². The summed E-state index contributed by atoms with van der Waals surface area (Å²) >= 11 is 7.73. The van der Waals surface area contributed by atoms with Crippen molar-refractivity contribution in [1.29, 1.82) is 0 Å². The van der Waals surface area contributed by atoms with Gasteiger partial charge in [-0.3, -0.25) is 0 Å². The number of nitrogens with one attached hydrogen (secondary N) is 1. The zero-order valence-electron chi connectivity index (χ0n) is 10.1. The fraction of sp³-hybridized carbons (Fsp3) is 0.250. The lowest BCUT2D eigenvalue weighted by molar-refractivity contribution is 0.355. The summed E-state index contributed by atoms with van der Waals surface area (Å²) in [6, 6.07) is 3.54. The van der Waals surface area contributed by atoms with E-state index < -0.39 is 0 Å². The van der Waals surface area contributed by atoms with Crippen LogP contribution in [0.15, 0.2) is 23.0 Å². The molecular weight excluding hydrogens is 272 g/mol. The van der Waals surface area contributed by atoms with E-state index in [0.29, 0.717) is 23.1 Å².